The first-order valence-corrected chi connectivity index (χ1v) is 11.2. The second-order valence-corrected chi connectivity index (χ2v) is 7.96. The minimum absolute atomic E-state index is 0.767. The van der Waals surface area contributed by atoms with Gasteiger partial charge in [-0.15, -0.1) is 9.24 Å². The Labute approximate surface area is 177 Å². The van der Waals surface area contributed by atoms with Gasteiger partial charge < -0.3 is 20.9 Å². The monoisotopic (exact) mass is 411 g/mol. The number of hydrogen-bond acceptors (Lipinski definition) is 5. The summed E-state index contributed by atoms with van der Waals surface area (Å²) >= 11 is 0. The van der Waals surface area contributed by atoms with E-state index in [4.69, 9.17) is 0 Å². The number of hydrogen-bond donors (Lipinski definition) is 3. The van der Waals surface area contributed by atoms with Crippen molar-refractivity contribution in [2.75, 3.05) is 39.3 Å². The second-order valence-electron chi connectivity index (χ2n) is 7.34. The van der Waals surface area contributed by atoms with E-state index >= 15 is 0 Å². The van der Waals surface area contributed by atoms with E-state index in [-0.39, 0.29) is 0 Å². The first-order chi connectivity index (χ1) is 14.2. The van der Waals surface area contributed by atoms with Gasteiger partial charge in [-0.2, -0.15) is 0 Å². The molecule has 3 aliphatic rings. The van der Waals surface area contributed by atoms with Crippen molar-refractivity contribution in [2.24, 2.45) is 4.99 Å². The molecule has 0 saturated carbocycles. The zero-order valence-electron chi connectivity index (χ0n) is 17.7. The summed E-state index contributed by atoms with van der Waals surface area (Å²) in [7, 11) is 2.87. The Morgan fingerprint density at radius 3 is 3.00 bits per heavy atom. The molecule has 1 aliphatic carbocycles. The molecule has 6 heteroatoms. The number of dihydropyridines is 1. The third-order valence-corrected chi connectivity index (χ3v) is 5.60. The molecule has 0 aromatic rings. The lowest BCUT2D eigenvalue weighted by molar-refractivity contribution is 0.366. The summed E-state index contributed by atoms with van der Waals surface area (Å²) in [5.74, 6) is 0. The molecule has 156 valence electrons. The fraction of sp³-hybridized carbons (Fsp3) is 0.435. The third-order valence-electron chi connectivity index (χ3n) is 5.12. The zero-order valence-corrected chi connectivity index (χ0v) is 18.8. The molecule has 0 spiro atoms. The van der Waals surface area contributed by atoms with Crippen LogP contribution in [-0.4, -0.2) is 49.9 Å². The van der Waals surface area contributed by atoms with E-state index < -0.39 is 0 Å². The molecule has 3 rings (SSSR count). The molecule has 1 fully saturated rings. The van der Waals surface area contributed by atoms with Crippen LogP contribution in [0.2, 0.25) is 0 Å². The molecule has 2 aliphatic heterocycles. The fourth-order valence-corrected chi connectivity index (χ4v) is 4.22. The van der Waals surface area contributed by atoms with E-state index in [1.165, 1.54) is 34.3 Å². The number of rotatable bonds is 6. The van der Waals surface area contributed by atoms with E-state index in [1.54, 1.807) is 0 Å². The summed E-state index contributed by atoms with van der Waals surface area (Å²) in [4.78, 5) is 7.14. The maximum Gasteiger partial charge on any atom is 0.0737 e. The largest absolute Gasteiger partial charge is 0.386 e. The first kappa shape index (κ1) is 21.6. The Morgan fingerprint density at radius 1 is 1.28 bits per heavy atom. The molecule has 29 heavy (non-hydrogen) atoms. The van der Waals surface area contributed by atoms with Gasteiger partial charge in [0.05, 0.1) is 17.1 Å². The molecule has 3 N–H and O–H groups in total. The predicted octanol–water partition coefficient (Wildman–Crippen LogP) is 3.21. The van der Waals surface area contributed by atoms with Gasteiger partial charge in [0.2, 0.25) is 0 Å². The standard InChI is InChI=1S/C23H34N5P/c1-3-6-19-20(26-8-4-2)14-18(15-23(19)29)16-27-21-17-25-10-7-22(21)28-12-5-9-24-11-13-28/h4,6-8,14-15,17,24-25,27H,3,5,9-13,16,29H2,1-2H3/b8-4-,19-6-,26-20+. The van der Waals surface area contributed by atoms with Gasteiger partial charge >= 0.3 is 0 Å². The van der Waals surface area contributed by atoms with Crippen LogP contribution in [0, 0.1) is 0 Å². The molecular weight excluding hydrogens is 377 g/mol. The molecule has 0 aromatic heterocycles. The van der Waals surface area contributed by atoms with E-state index in [9.17, 15) is 0 Å². The normalized spacial score (nSPS) is 23.3. The summed E-state index contributed by atoms with van der Waals surface area (Å²) in [6.07, 6.45) is 17.1. The van der Waals surface area contributed by atoms with Gasteiger partial charge in [0, 0.05) is 50.7 Å². The van der Waals surface area contributed by atoms with Crippen molar-refractivity contribution < 1.29 is 0 Å². The Bertz CT molecular complexity index is 790. The molecule has 0 radical (unpaired) electrons. The maximum absolute atomic E-state index is 4.65. The van der Waals surface area contributed by atoms with Crippen molar-refractivity contribution >= 4 is 15.0 Å². The number of nitrogens with zero attached hydrogens (tertiary/aromatic N) is 2. The average molecular weight is 412 g/mol. The van der Waals surface area contributed by atoms with Crippen molar-refractivity contribution in [2.45, 2.75) is 26.7 Å². The van der Waals surface area contributed by atoms with Crippen LogP contribution in [-0.2, 0) is 0 Å². The lowest BCUT2D eigenvalue weighted by atomic mass is 9.98. The molecule has 0 aromatic carbocycles. The van der Waals surface area contributed by atoms with Gasteiger partial charge in [0.1, 0.15) is 0 Å². The Hall–Kier alpha value is -2.10. The molecule has 0 bridgehead atoms. The van der Waals surface area contributed by atoms with E-state index in [0.717, 1.165) is 51.4 Å². The van der Waals surface area contributed by atoms with Gasteiger partial charge in [0.25, 0.3) is 0 Å². The average Bonchev–Trinajstić information content (AvgIpc) is 3.02. The summed E-state index contributed by atoms with van der Waals surface area (Å²) in [6.45, 7) is 10.1. The molecule has 1 unspecified atom stereocenters. The van der Waals surface area contributed by atoms with Crippen LogP contribution < -0.4 is 16.0 Å². The van der Waals surface area contributed by atoms with Gasteiger partial charge in [-0.3, -0.25) is 4.99 Å². The molecule has 1 atom stereocenters. The summed E-state index contributed by atoms with van der Waals surface area (Å²) < 4.78 is 0. The van der Waals surface area contributed by atoms with E-state index in [2.05, 4.69) is 72.5 Å². The van der Waals surface area contributed by atoms with Crippen LogP contribution in [0.15, 0.2) is 75.6 Å². The van der Waals surface area contributed by atoms with Crippen LogP contribution >= 0.6 is 9.24 Å². The lowest BCUT2D eigenvalue weighted by Gasteiger charge is -2.30. The Morgan fingerprint density at radius 2 is 2.17 bits per heavy atom. The van der Waals surface area contributed by atoms with Gasteiger partial charge in [-0.05, 0) is 55.4 Å². The number of allylic oxidation sites excluding steroid dienone is 5. The zero-order chi connectivity index (χ0) is 20.5. The van der Waals surface area contributed by atoms with Crippen molar-refractivity contribution in [1.29, 1.82) is 0 Å². The Balaban J connectivity index is 1.73. The van der Waals surface area contributed by atoms with Crippen LogP contribution in [0.1, 0.15) is 26.7 Å². The van der Waals surface area contributed by atoms with Crippen LogP contribution in [0.5, 0.6) is 0 Å². The summed E-state index contributed by atoms with van der Waals surface area (Å²) in [6, 6.07) is 0. The third kappa shape index (κ3) is 5.94. The minimum Gasteiger partial charge on any atom is -0.386 e. The highest BCUT2D eigenvalue weighted by Crippen LogP contribution is 2.27. The molecule has 5 nitrogen and oxygen atoms in total. The number of nitrogens with one attached hydrogen (secondary N) is 3. The number of aliphatic imine (C=N–C) groups is 1. The summed E-state index contributed by atoms with van der Waals surface area (Å²) in [5, 5.41) is 11.7. The highest BCUT2D eigenvalue weighted by atomic mass is 31.0. The SMILES string of the molecule is C\C=C/N=C1\C=C(CNC2=CNCC=C2N2CCCNCC2)C=C(P)\C1=C/CC. The van der Waals surface area contributed by atoms with Crippen LogP contribution in [0.25, 0.3) is 0 Å². The lowest BCUT2D eigenvalue weighted by Crippen LogP contribution is -2.35. The second kappa shape index (κ2) is 11.2. The van der Waals surface area contributed by atoms with Crippen molar-refractivity contribution in [3.05, 3.63) is 70.6 Å². The Kier molecular flexibility index (Phi) is 8.33. The molecule has 0 amide bonds. The highest BCUT2D eigenvalue weighted by Gasteiger charge is 2.19. The van der Waals surface area contributed by atoms with Crippen molar-refractivity contribution in [3.8, 4) is 0 Å². The molecule has 2 heterocycles. The van der Waals surface area contributed by atoms with Crippen molar-refractivity contribution in [3.63, 3.8) is 0 Å². The predicted molar refractivity (Wildman–Crippen MR) is 128 cm³/mol. The van der Waals surface area contributed by atoms with E-state index in [1.807, 2.05) is 19.2 Å². The van der Waals surface area contributed by atoms with Crippen LogP contribution in [0.3, 0.4) is 0 Å². The molecular formula is C23H34N5P. The van der Waals surface area contributed by atoms with Gasteiger partial charge in [-0.1, -0.05) is 19.1 Å². The summed E-state index contributed by atoms with van der Waals surface area (Å²) in [5.41, 5.74) is 5.94. The smallest absolute Gasteiger partial charge is 0.0737 e. The fourth-order valence-electron chi connectivity index (χ4n) is 3.74. The van der Waals surface area contributed by atoms with Gasteiger partial charge in [0.15, 0.2) is 0 Å². The van der Waals surface area contributed by atoms with Gasteiger partial charge in [-0.25, -0.2) is 0 Å². The van der Waals surface area contributed by atoms with Crippen molar-refractivity contribution in [1.82, 2.24) is 20.9 Å². The minimum atomic E-state index is 0.767. The topological polar surface area (TPSA) is 51.7 Å². The first-order valence-electron chi connectivity index (χ1n) is 10.6. The quantitative estimate of drug-likeness (QED) is 0.588. The van der Waals surface area contributed by atoms with Crippen LogP contribution in [0.4, 0.5) is 0 Å². The van der Waals surface area contributed by atoms with E-state index in [0.29, 0.717) is 0 Å². The maximum atomic E-state index is 4.65. The highest BCUT2D eigenvalue weighted by molar-refractivity contribution is 7.23. The molecule has 1 saturated heterocycles.